The van der Waals surface area contributed by atoms with Crippen molar-refractivity contribution in [2.75, 3.05) is 12.4 Å². The van der Waals surface area contributed by atoms with Crippen molar-refractivity contribution in [2.45, 2.75) is 0 Å². The number of esters is 1. The molecule has 2 rings (SSSR count). The van der Waals surface area contributed by atoms with E-state index in [1.54, 1.807) is 6.07 Å². The van der Waals surface area contributed by atoms with Crippen LogP contribution >= 0.6 is 11.6 Å². The van der Waals surface area contributed by atoms with E-state index in [9.17, 15) is 19.7 Å². The van der Waals surface area contributed by atoms with Crippen molar-refractivity contribution in [1.29, 1.82) is 0 Å². The lowest BCUT2D eigenvalue weighted by atomic mass is 10.2. The van der Waals surface area contributed by atoms with Crippen LogP contribution in [-0.4, -0.2) is 23.9 Å². The third-order valence-electron chi connectivity index (χ3n) is 3.17. The highest BCUT2D eigenvalue weighted by Crippen LogP contribution is 2.21. The Balaban J connectivity index is 2.07. The van der Waals surface area contributed by atoms with Crippen molar-refractivity contribution in [1.82, 2.24) is 0 Å². The lowest BCUT2D eigenvalue weighted by Crippen LogP contribution is -2.09. The van der Waals surface area contributed by atoms with Gasteiger partial charge in [-0.05, 0) is 42.0 Å². The summed E-state index contributed by atoms with van der Waals surface area (Å²) in [6.45, 7) is 0. The Labute approximate surface area is 148 Å². The summed E-state index contributed by atoms with van der Waals surface area (Å²) >= 11 is 5.91. The Kier molecular flexibility index (Phi) is 5.86. The number of halogens is 1. The number of methoxy groups -OCH3 is 1. The summed E-state index contributed by atoms with van der Waals surface area (Å²) in [5.74, 6) is -1.04. The largest absolute Gasteiger partial charge is 0.465 e. The van der Waals surface area contributed by atoms with Crippen LogP contribution in [0.3, 0.4) is 0 Å². The lowest BCUT2D eigenvalue weighted by molar-refractivity contribution is -0.384. The number of hydrogen-bond acceptors (Lipinski definition) is 5. The topological polar surface area (TPSA) is 98.5 Å². The molecular formula is C17H13ClN2O5. The minimum Gasteiger partial charge on any atom is -0.465 e. The molecule has 1 amide bonds. The number of nitro benzene ring substituents is 1. The fourth-order valence-corrected chi connectivity index (χ4v) is 2.13. The zero-order valence-corrected chi connectivity index (χ0v) is 13.8. The van der Waals surface area contributed by atoms with Crippen LogP contribution in [0.15, 0.2) is 48.5 Å². The summed E-state index contributed by atoms with van der Waals surface area (Å²) in [5, 5.41) is 13.4. The van der Waals surface area contributed by atoms with E-state index in [-0.39, 0.29) is 16.3 Å². The maximum absolute atomic E-state index is 11.9. The first kappa shape index (κ1) is 18.2. The summed E-state index contributed by atoms with van der Waals surface area (Å²) in [5.41, 5.74) is 1.12. The van der Waals surface area contributed by atoms with Gasteiger partial charge < -0.3 is 10.1 Å². The Morgan fingerprint density at radius 2 is 1.88 bits per heavy atom. The van der Waals surface area contributed by atoms with Gasteiger partial charge in [0.2, 0.25) is 5.91 Å². The predicted octanol–water partition coefficient (Wildman–Crippen LogP) is 3.69. The zero-order valence-electron chi connectivity index (χ0n) is 13.1. The van der Waals surface area contributed by atoms with Gasteiger partial charge in [-0.1, -0.05) is 11.6 Å². The molecule has 0 radical (unpaired) electrons. The van der Waals surface area contributed by atoms with Crippen molar-refractivity contribution in [2.24, 2.45) is 0 Å². The average Bonchev–Trinajstić information content (AvgIpc) is 2.61. The lowest BCUT2D eigenvalue weighted by Gasteiger charge is -2.06. The van der Waals surface area contributed by atoms with Gasteiger partial charge in [0.05, 0.1) is 22.6 Å². The molecule has 0 aliphatic rings. The normalized spacial score (nSPS) is 10.5. The molecule has 0 bridgehead atoms. The first-order chi connectivity index (χ1) is 11.9. The van der Waals surface area contributed by atoms with Gasteiger partial charge in [0.1, 0.15) is 0 Å². The molecule has 0 heterocycles. The highest BCUT2D eigenvalue weighted by molar-refractivity contribution is 6.33. The summed E-state index contributed by atoms with van der Waals surface area (Å²) in [6.07, 6.45) is 2.78. The van der Waals surface area contributed by atoms with Crippen molar-refractivity contribution in [3.05, 3.63) is 74.8 Å². The van der Waals surface area contributed by atoms with Crippen molar-refractivity contribution < 1.29 is 19.2 Å². The number of benzene rings is 2. The second-order valence-corrected chi connectivity index (χ2v) is 5.26. The first-order valence-electron chi connectivity index (χ1n) is 7.02. The van der Waals surface area contributed by atoms with Crippen molar-refractivity contribution in [3.8, 4) is 0 Å². The highest BCUT2D eigenvalue weighted by atomic mass is 35.5. The third-order valence-corrected chi connectivity index (χ3v) is 3.50. The minimum absolute atomic E-state index is 0.0295. The molecule has 0 aliphatic carbocycles. The van der Waals surface area contributed by atoms with Crippen LogP contribution in [0, 0.1) is 10.1 Å². The number of carbonyl (C=O) groups excluding carboxylic acids is 2. The maximum Gasteiger partial charge on any atom is 0.339 e. The monoisotopic (exact) mass is 360 g/mol. The second-order valence-electron chi connectivity index (χ2n) is 4.86. The molecule has 7 nitrogen and oxygen atoms in total. The van der Waals surface area contributed by atoms with E-state index in [1.165, 1.54) is 55.7 Å². The molecule has 0 fully saturated rings. The van der Waals surface area contributed by atoms with Gasteiger partial charge in [-0.3, -0.25) is 14.9 Å². The fraction of sp³-hybridized carbons (Fsp3) is 0.0588. The van der Waals surface area contributed by atoms with Crippen LogP contribution in [0.4, 0.5) is 11.4 Å². The van der Waals surface area contributed by atoms with E-state index >= 15 is 0 Å². The van der Waals surface area contributed by atoms with E-state index in [4.69, 9.17) is 11.6 Å². The average molecular weight is 361 g/mol. The Bertz CT molecular complexity index is 847. The predicted molar refractivity (Wildman–Crippen MR) is 93.6 cm³/mol. The Hall–Kier alpha value is -3.19. The Morgan fingerprint density at radius 3 is 2.48 bits per heavy atom. The van der Waals surface area contributed by atoms with Crippen LogP contribution in [0.1, 0.15) is 15.9 Å². The van der Waals surface area contributed by atoms with Crippen molar-refractivity contribution in [3.63, 3.8) is 0 Å². The first-order valence-corrected chi connectivity index (χ1v) is 7.40. The summed E-state index contributed by atoms with van der Waals surface area (Å²) < 4.78 is 4.61. The maximum atomic E-state index is 11.9. The van der Waals surface area contributed by atoms with E-state index in [1.807, 2.05) is 0 Å². The molecule has 0 aromatic heterocycles. The van der Waals surface area contributed by atoms with Gasteiger partial charge in [-0.25, -0.2) is 4.79 Å². The molecule has 1 N–H and O–H groups in total. The number of hydrogen-bond donors (Lipinski definition) is 1. The number of carbonyl (C=O) groups is 2. The molecule has 0 atom stereocenters. The molecule has 0 unspecified atom stereocenters. The SMILES string of the molecule is COC(=O)c1cc(NC(=O)/C=C/c2ccc([N+](=O)[O-])cc2)ccc1Cl. The zero-order chi connectivity index (χ0) is 18.4. The molecule has 2 aromatic carbocycles. The van der Waals surface area contributed by atoms with Gasteiger partial charge in [0, 0.05) is 23.9 Å². The van der Waals surface area contributed by atoms with Crippen molar-refractivity contribution >= 4 is 40.9 Å². The number of nitro groups is 1. The number of ether oxygens (including phenoxy) is 1. The molecule has 8 heteroatoms. The Morgan fingerprint density at radius 1 is 1.20 bits per heavy atom. The second kappa shape index (κ2) is 8.07. The number of nitrogens with one attached hydrogen (secondary N) is 1. The van der Waals surface area contributed by atoms with E-state index in [0.29, 0.717) is 11.3 Å². The molecule has 0 saturated carbocycles. The number of anilines is 1. The molecule has 0 saturated heterocycles. The van der Waals surface area contributed by atoms with Gasteiger partial charge in [-0.15, -0.1) is 0 Å². The molecule has 128 valence electrons. The van der Waals surface area contributed by atoms with E-state index < -0.39 is 16.8 Å². The van der Waals surface area contributed by atoms with E-state index in [2.05, 4.69) is 10.1 Å². The number of amides is 1. The van der Waals surface area contributed by atoms with Gasteiger partial charge in [-0.2, -0.15) is 0 Å². The van der Waals surface area contributed by atoms with Crippen LogP contribution in [0.25, 0.3) is 6.08 Å². The summed E-state index contributed by atoms with van der Waals surface area (Å²) in [6, 6.07) is 10.2. The molecule has 2 aromatic rings. The fourth-order valence-electron chi connectivity index (χ4n) is 1.93. The van der Waals surface area contributed by atoms with Gasteiger partial charge >= 0.3 is 5.97 Å². The highest BCUT2D eigenvalue weighted by Gasteiger charge is 2.12. The van der Waals surface area contributed by atoms with E-state index in [0.717, 1.165) is 0 Å². The van der Waals surface area contributed by atoms with Crippen LogP contribution in [0.2, 0.25) is 5.02 Å². The minimum atomic E-state index is -0.609. The van der Waals surface area contributed by atoms with Gasteiger partial charge in [0.25, 0.3) is 5.69 Å². The smallest absolute Gasteiger partial charge is 0.339 e. The molecule has 0 aliphatic heterocycles. The third kappa shape index (κ3) is 4.89. The number of rotatable bonds is 5. The van der Waals surface area contributed by atoms with Crippen LogP contribution in [0.5, 0.6) is 0 Å². The standard InChI is InChI=1S/C17H13ClN2O5/c1-25-17(22)14-10-12(5-8-15(14)18)19-16(21)9-4-11-2-6-13(7-3-11)20(23)24/h2-10H,1H3,(H,19,21)/b9-4+. The quantitative estimate of drug-likeness (QED) is 0.379. The van der Waals surface area contributed by atoms with Gasteiger partial charge in [0.15, 0.2) is 0 Å². The molecule has 25 heavy (non-hydrogen) atoms. The van der Waals surface area contributed by atoms with Crippen LogP contribution in [-0.2, 0) is 9.53 Å². The number of nitrogens with zero attached hydrogens (tertiary/aromatic N) is 1. The molecule has 0 spiro atoms. The summed E-state index contributed by atoms with van der Waals surface area (Å²) in [4.78, 5) is 33.6. The van der Waals surface area contributed by atoms with Crippen LogP contribution < -0.4 is 5.32 Å². The molecular weight excluding hydrogens is 348 g/mol. The summed E-state index contributed by atoms with van der Waals surface area (Å²) in [7, 11) is 1.23. The number of non-ortho nitro benzene ring substituents is 1.